The molecule has 0 aliphatic carbocycles. The van der Waals surface area contributed by atoms with Crippen molar-refractivity contribution in [2.24, 2.45) is 5.73 Å². The molecule has 1 heterocycles. The van der Waals surface area contributed by atoms with E-state index in [2.05, 4.69) is 0 Å². The smallest absolute Gasteiger partial charge is 0.410 e. The fraction of sp³-hybridized carbons (Fsp3) is 0.727. The van der Waals surface area contributed by atoms with E-state index in [-0.39, 0.29) is 12.1 Å². The molecule has 1 fully saturated rings. The van der Waals surface area contributed by atoms with Crippen LogP contribution in [-0.4, -0.2) is 29.2 Å². The quantitative estimate of drug-likeness (QED) is 0.721. The first-order chi connectivity index (χ1) is 6.94. The lowest BCUT2D eigenvalue weighted by Gasteiger charge is -2.27. The molecular weight excluding hydrogens is 192 g/mol. The van der Waals surface area contributed by atoms with Crippen molar-refractivity contribution in [3.8, 4) is 0 Å². The summed E-state index contributed by atoms with van der Waals surface area (Å²) in [6.45, 7) is 6.36. The molecule has 2 N–H and O–H groups in total. The molecule has 1 atom stereocenters. The van der Waals surface area contributed by atoms with Gasteiger partial charge in [0.2, 0.25) is 0 Å². The molecule has 0 aromatic rings. The van der Waals surface area contributed by atoms with Gasteiger partial charge in [-0.05, 0) is 45.9 Å². The van der Waals surface area contributed by atoms with Crippen LogP contribution in [0.15, 0.2) is 12.3 Å². The van der Waals surface area contributed by atoms with Crippen molar-refractivity contribution in [1.29, 1.82) is 0 Å². The molecule has 1 saturated heterocycles. The summed E-state index contributed by atoms with van der Waals surface area (Å²) < 4.78 is 5.31. The van der Waals surface area contributed by atoms with Crippen molar-refractivity contribution in [2.75, 3.05) is 6.54 Å². The number of carbonyl (C=O) groups is 1. The topological polar surface area (TPSA) is 55.6 Å². The summed E-state index contributed by atoms with van der Waals surface area (Å²) in [4.78, 5) is 13.5. The minimum Gasteiger partial charge on any atom is -0.444 e. The molecule has 1 unspecified atom stereocenters. The van der Waals surface area contributed by atoms with Gasteiger partial charge in [0.25, 0.3) is 0 Å². The fourth-order valence-corrected chi connectivity index (χ4v) is 1.67. The van der Waals surface area contributed by atoms with Crippen molar-refractivity contribution < 1.29 is 9.53 Å². The molecule has 4 nitrogen and oxygen atoms in total. The zero-order valence-electron chi connectivity index (χ0n) is 9.69. The zero-order valence-corrected chi connectivity index (χ0v) is 9.69. The van der Waals surface area contributed by atoms with Crippen LogP contribution in [0.3, 0.4) is 0 Å². The van der Waals surface area contributed by atoms with Crippen molar-refractivity contribution in [1.82, 2.24) is 4.90 Å². The zero-order chi connectivity index (χ0) is 11.5. The van der Waals surface area contributed by atoms with E-state index in [1.807, 2.05) is 26.8 Å². The molecular formula is C11H20N2O2. The minimum absolute atomic E-state index is 0.102. The van der Waals surface area contributed by atoms with Crippen molar-refractivity contribution in [3.63, 3.8) is 0 Å². The highest BCUT2D eigenvalue weighted by Gasteiger charge is 2.30. The molecule has 1 aliphatic heterocycles. The predicted octanol–water partition coefficient (Wildman–Crippen LogP) is 1.86. The van der Waals surface area contributed by atoms with Crippen molar-refractivity contribution >= 4 is 6.09 Å². The van der Waals surface area contributed by atoms with Crippen LogP contribution in [-0.2, 0) is 4.74 Å². The number of hydrogen-bond donors (Lipinski definition) is 1. The summed E-state index contributed by atoms with van der Waals surface area (Å²) in [7, 11) is 0. The Hall–Kier alpha value is -1.19. The van der Waals surface area contributed by atoms with E-state index in [1.54, 1.807) is 4.90 Å². The normalized spacial score (nSPS) is 22.3. The molecule has 0 saturated carbocycles. The molecule has 1 amide bonds. The maximum Gasteiger partial charge on any atom is 0.410 e. The number of hydrogen-bond acceptors (Lipinski definition) is 3. The monoisotopic (exact) mass is 212 g/mol. The van der Waals surface area contributed by atoms with Crippen LogP contribution in [0.5, 0.6) is 0 Å². The third kappa shape index (κ3) is 3.46. The lowest BCUT2D eigenvalue weighted by molar-refractivity contribution is 0.0256. The molecule has 0 radical (unpaired) electrons. The Labute approximate surface area is 91.1 Å². The second kappa shape index (κ2) is 4.55. The molecule has 0 aromatic heterocycles. The Balaban J connectivity index is 2.59. The molecule has 1 aliphatic rings. The van der Waals surface area contributed by atoms with Crippen molar-refractivity contribution in [2.45, 2.75) is 45.3 Å². The van der Waals surface area contributed by atoms with Gasteiger partial charge in [0, 0.05) is 6.54 Å². The van der Waals surface area contributed by atoms with Gasteiger partial charge in [-0.1, -0.05) is 0 Å². The number of rotatable bonds is 1. The third-order valence-electron chi connectivity index (χ3n) is 2.26. The first-order valence-electron chi connectivity index (χ1n) is 5.32. The SMILES string of the molecule is CC(C)(C)OC(=O)N1CCCC1/C=C/N. The molecule has 86 valence electrons. The lowest BCUT2D eigenvalue weighted by atomic mass is 10.2. The Morgan fingerprint density at radius 3 is 2.73 bits per heavy atom. The van der Waals surface area contributed by atoms with Crippen LogP contribution in [0, 0.1) is 0 Å². The van der Waals surface area contributed by atoms with Crippen LogP contribution in [0.1, 0.15) is 33.6 Å². The van der Waals surface area contributed by atoms with E-state index in [0.717, 1.165) is 19.4 Å². The average Bonchev–Trinajstić information content (AvgIpc) is 2.49. The van der Waals surface area contributed by atoms with Gasteiger partial charge in [0.15, 0.2) is 0 Å². The summed E-state index contributed by atoms with van der Waals surface area (Å²) in [6.07, 6.45) is 5.06. The van der Waals surface area contributed by atoms with Gasteiger partial charge in [-0.2, -0.15) is 0 Å². The Bertz CT molecular complexity index is 256. The van der Waals surface area contributed by atoms with E-state index in [0.29, 0.717) is 0 Å². The Morgan fingerprint density at radius 2 is 2.20 bits per heavy atom. The number of carbonyl (C=O) groups excluding carboxylic acids is 1. The summed E-state index contributed by atoms with van der Waals surface area (Å²) >= 11 is 0. The number of nitrogens with zero attached hydrogens (tertiary/aromatic N) is 1. The average molecular weight is 212 g/mol. The number of amides is 1. The summed E-state index contributed by atoms with van der Waals surface area (Å²) in [5.74, 6) is 0. The van der Waals surface area contributed by atoms with E-state index in [4.69, 9.17) is 10.5 Å². The van der Waals surface area contributed by atoms with Crippen LogP contribution in [0.4, 0.5) is 4.79 Å². The Kier molecular flexibility index (Phi) is 3.61. The standard InChI is InChI=1S/C11H20N2O2/c1-11(2,3)15-10(14)13-8-4-5-9(13)6-7-12/h6-7,9H,4-5,8,12H2,1-3H3/b7-6+. The lowest BCUT2D eigenvalue weighted by Crippen LogP contribution is -2.39. The maximum absolute atomic E-state index is 11.8. The third-order valence-corrected chi connectivity index (χ3v) is 2.26. The van der Waals surface area contributed by atoms with Gasteiger partial charge < -0.3 is 15.4 Å². The second-order valence-corrected chi connectivity index (χ2v) is 4.77. The number of nitrogens with two attached hydrogens (primary N) is 1. The molecule has 0 aromatic carbocycles. The van der Waals surface area contributed by atoms with Gasteiger partial charge in [-0.15, -0.1) is 0 Å². The highest BCUT2D eigenvalue weighted by molar-refractivity contribution is 5.69. The predicted molar refractivity (Wildman–Crippen MR) is 59.3 cm³/mol. The molecule has 4 heteroatoms. The van der Waals surface area contributed by atoms with Gasteiger partial charge in [-0.25, -0.2) is 4.79 Å². The summed E-state index contributed by atoms with van der Waals surface area (Å²) in [5, 5.41) is 0. The van der Waals surface area contributed by atoms with Gasteiger partial charge in [0.1, 0.15) is 5.60 Å². The Morgan fingerprint density at radius 1 is 1.53 bits per heavy atom. The maximum atomic E-state index is 11.8. The second-order valence-electron chi connectivity index (χ2n) is 4.77. The largest absolute Gasteiger partial charge is 0.444 e. The number of ether oxygens (including phenoxy) is 1. The van der Waals surface area contributed by atoms with Crippen molar-refractivity contribution in [3.05, 3.63) is 12.3 Å². The van der Waals surface area contributed by atoms with E-state index >= 15 is 0 Å². The van der Waals surface area contributed by atoms with E-state index in [1.165, 1.54) is 6.20 Å². The van der Waals surface area contributed by atoms with E-state index in [9.17, 15) is 4.79 Å². The fourth-order valence-electron chi connectivity index (χ4n) is 1.67. The van der Waals surface area contributed by atoms with E-state index < -0.39 is 5.60 Å². The molecule has 0 spiro atoms. The molecule has 0 bridgehead atoms. The summed E-state index contributed by atoms with van der Waals surface area (Å²) in [6, 6.07) is 0.102. The minimum atomic E-state index is -0.434. The molecule has 15 heavy (non-hydrogen) atoms. The first-order valence-corrected chi connectivity index (χ1v) is 5.32. The number of likely N-dealkylation sites (tertiary alicyclic amines) is 1. The first kappa shape index (κ1) is 11.9. The van der Waals surface area contributed by atoms with Crippen LogP contribution >= 0.6 is 0 Å². The highest BCUT2D eigenvalue weighted by atomic mass is 16.6. The van der Waals surface area contributed by atoms with Gasteiger partial charge in [-0.3, -0.25) is 0 Å². The van der Waals surface area contributed by atoms with Crippen LogP contribution in [0.2, 0.25) is 0 Å². The van der Waals surface area contributed by atoms with Gasteiger partial charge >= 0.3 is 6.09 Å². The highest BCUT2D eigenvalue weighted by Crippen LogP contribution is 2.21. The van der Waals surface area contributed by atoms with Crippen LogP contribution < -0.4 is 5.73 Å². The molecule has 1 rings (SSSR count). The van der Waals surface area contributed by atoms with Crippen LogP contribution in [0.25, 0.3) is 0 Å². The van der Waals surface area contributed by atoms with Gasteiger partial charge in [0.05, 0.1) is 6.04 Å². The summed E-state index contributed by atoms with van der Waals surface area (Å²) in [5.41, 5.74) is 4.90.